The van der Waals surface area contributed by atoms with Gasteiger partial charge in [-0.25, -0.2) is 0 Å². The highest BCUT2D eigenvalue weighted by Gasteiger charge is 2.44. The summed E-state index contributed by atoms with van der Waals surface area (Å²) in [5.41, 5.74) is 0. The van der Waals surface area contributed by atoms with E-state index in [4.69, 9.17) is 18.9 Å². The zero-order chi connectivity index (χ0) is 13.2. The summed E-state index contributed by atoms with van der Waals surface area (Å²) in [5.74, 6) is 1.63. The van der Waals surface area contributed by atoms with Crippen LogP contribution in [0.15, 0.2) is 0 Å². The molecule has 3 rings (SSSR count). The fourth-order valence-electron chi connectivity index (χ4n) is 3.46. The molecule has 0 amide bonds. The molecule has 4 atom stereocenters. The van der Waals surface area contributed by atoms with Crippen molar-refractivity contribution in [1.29, 1.82) is 0 Å². The van der Waals surface area contributed by atoms with Gasteiger partial charge in [-0.2, -0.15) is 0 Å². The second-order valence-corrected chi connectivity index (χ2v) is 6.38. The minimum absolute atomic E-state index is 0.0233. The summed E-state index contributed by atoms with van der Waals surface area (Å²) in [7, 11) is 1.72. The third kappa shape index (κ3) is 3.13. The first-order valence-corrected chi connectivity index (χ1v) is 7.67. The number of hydrogen-bond donors (Lipinski definition) is 0. The molecule has 3 aliphatic rings. The highest BCUT2D eigenvalue weighted by atomic mass is 16.7. The quantitative estimate of drug-likeness (QED) is 0.786. The van der Waals surface area contributed by atoms with Gasteiger partial charge in [0.15, 0.2) is 6.29 Å². The largest absolute Gasteiger partial charge is 0.376 e. The summed E-state index contributed by atoms with van der Waals surface area (Å²) in [6.45, 7) is 3.88. The molecule has 3 fully saturated rings. The van der Waals surface area contributed by atoms with Crippen molar-refractivity contribution in [2.75, 3.05) is 20.3 Å². The molecule has 0 spiro atoms. The van der Waals surface area contributed by atoms with Crippen molar-refractivity contribution in [3.05, 3.63) is 0 Å². The summed E-state index contributed by atoms with van der Waals surface area (Å²) in [6, 6.07) is 0. The molecule has 2 heterocycles. The molecule has 0 radical (unpaired) electrons. The van der Waals surface area contributed by atoms with Crippen LogP contribution in [0.3, 0.4) is 0 Å². The molecule has 2 saturated heterocycles. The Bertz CT molecular complexity index is 288. The van der Waals surface area contributed by atoms with E-state index >= 15 is 0 Å². The first-order chi connectivity index (χ1) is 9.26. The van der Waals surface area contributed by atoms with E-state index in [9.17, 15) is 0 Å². The van der Waals surface area contributed by atoms with E-state index in [2.05, 4.69) is 6.92 Å². The van der Waals surface area contributed by atoms with E-state index in [1.165, 1.54) is 25.7 Å². The van der Waals surface area contributed by atoms with Gasteiger partial charge in [-0.05, 0) is 24.7 Å². The summed E-state index contributed by atoms with van der Waals surface area (Å²) in [6.07, 6.45) is 6.32. The molecule has 0 aromatic carbocycles. The Morgan fingerprint density at radius 1 is 1.11 bits per heavy atom. The van der Waals surface area contributed by atoms with E-state index in [-0.39, 0.29) is 24.6 Å². The van der Waals surface area contributed by atoms with Crippen LogP contribution in [0.4, 0.5) is 0 Å². The van der Waals surface area contributed by atoms with E-state index in [1.54, 1.807) is 7.11 Å². The summed E-state index contributed by atoms with van der Waals surface area (Å²) < 4.78 is 22.9. The van der Waals surface area contributed by atoms with Crippen molar-refractivity contribution in [2.24, 2.45) is 11.8 Å². The molecular weight excluding hydrogens is 244 g/mol. The van der Waals surface area contributed by atoms with E-state index in [0.717, 1.165) is 24.9 Å². The summed E-state index contributed by atoms with van der Waals surface area (Å²) in [5, 5.41) is 0. The SMILES string of the molecule is CO[C@@H]1C[C@H](OCC2CCC(C)CC2)[C@H]2CO[C@@H]1O2. The number of fused-ring (bicyclic) bond motifs is 2. The molecule has 0 unspecified atom stereocenters. The van der Waals surface area contributed by atoms with Gasteiger partial charge in [0.05, 0.1) is 12.7 Å². The molecule has 1 aliphatic carbocycles. The molecule has 2 aliphatic heterocycles. The molecule has 1 saturated carbocycles. The van der Waals surface area contributed by atoms with Crippen LogP contribution in [0, 0.1) is 11.8 Å². The maximum atomic E-state index is 6.13. The monoisotopic (exact) mass is 270 g/mol. The Labute approximate surface area is 115 Å². The lowest BCUT2D eigenvalue weighted by Gasteiger charge is -2.34. The Balaban J connectivity index is 1.47. The van der Waals surface area contributed by atoms with Crippen molar-refractivity contribution >= 4 is 0 Å². The lowest BCUT2D eigenvalue weighted by Crippen LogP contribution is -2.44. The van der Waals surface area contributed by atoms with Crippen LogP contribution in [-0.2, 0) is 18.9 Å². The lowest BCUT2D eigenvalue weighted by atomic mass is 9.83. The molecule has 0 aromatic heterocycles. The van der Waals surface area contributed by atoms with Gasteiger partial charge in [0.1, 0.15) is 12.2 Å². The summed E-state index contributed by atoms with van der Waals surface area (Å²) in [4.78, 5) is 0. The smallest absolute Gasteiger partial charge is 0.184 e. The number of hydrogen-bond acceptors (Lipinski definition) is 4. The van der Waals surface area contributed by atoms with E-state index in [1.807, 2.05) is 0 Å². The minimum atomic E-state index is -0.176. The maximum Gasteiger partial charge on any atom is 0.184 e. The Kier molecular flexibility index (Phi) is 4.42. The minimum Gasteiger partial charge on any atom is -0.376 e. The van der Waals surface area contributed by atoms with Gasteiger partial charge >= 0.3 is 0 Å². The van der Waals surface area contributed by atoms with E-state index < -0.39 is 0 Å². The zero-order valence-electron chi connectivity index (χ0n) is 12.0. The molecule has 0 aromatic rings. The van der Waals surface area contributed by atoms with Gasteiger partial charge in [-0.15, -0.1) is 0 Å². The molecule has 4 heteroatoms. The second-order valence-electron chi connectivity index (χ2n) is 6.38. The molecule has 4 nitrogen and oxygen atoms in total. The van der Waals surface area contributed by atoms with Gasteiger partial charge in [0.25, 0.3) is 0 Å². The van der Waals surface area contributed by atoms with Crippen molar-refractivity contribution in [3.8, 4) is 0 Å². The lowest BCUT2D eigenvalue weighted by molar-refractivity contribution is -0.201. The van der Waals surface area contributed by atoms with Gasteiger partial charge in [0.2, 0.25) is 0 Å². The standard InChI is InChI=1S/C15H26O4/c1-10-3-5-11(6-4-10)8-17-12-7-13(16-2)15-18-9-14(12)19-15/h10-15H,3-9H2,1-2H3/t10?,11?,12-,13+,14+,15+/m0/s1. The first kappa shape index (κ1) is 13.8. The third-order valence-electron chi connectivity index (χ3n) is 4.90. The fourth-order valence-corrected chi connectivity index (χ4v) is 3.46. The third-order valence-corrected chi connectivity index (χ3v) is 4.90. The number of rotatable bonds is 4. The maximum absolute atomic E-state index is 6.13. The molecule has 0 N–H and O–H groups in total. The van der Waals surface area contributed by atoms with Crippen molar-refractivity contribution in [3.63, 3.8) is 0 Å². The van der Waals surface area contributed by atoms with Crippen LogP contribution in [0.1, 0.15) is 39.0 Å². The number of ether oxygens (including phenoxy) is 4. The Hall–Kier alpha value is -0.160. The van der Waals surface area contributed by atoms with Crippen LogP contribution in [0.5, 0.6) is 0 Å². The molecule has 19 heavy (non-hydrogen) atoms. The van der Waals surface area contributed by atoms with Gasteiger partial charge in [-0.1, -0.05) is 19.8 Å². The zero-order valence-corrected chi connectivity index (χ0v) is 12.0. The highest BCUT2D eigenvalue weighted by Crippen LogP contribution is 2.33. The van der Waals surface area contributed by atoms with Crippen LogP contribution in [-0.4, -0.2) is 44.9 Å². The van der Waals surface area contributed by atoms with Crippen molar-refractivity contribution < 1.29 is 18.9 Å². The van der Waals surface area contributed by atoms with Crippen LogP contribution in [0.2, 0.25) is 0 Å². The second kappa shape index (κ2) is 6.08. The van der Waals surface area contributed by atoms with Crippen LogP contribution in [0.25, 0.3) is 0 Å². The number of methoxy groups -OCH3 is 1. The van der Waals surface area contributed by atoms with E-state index in [0.29, 0.717) is 6.61 Å². The fraction of sp³-hybridized carbons (Fsp3) is 1.00. The average Bonchev–Trinajstić information content (AvgIpc) is 2.85. The predicted molar refractivity (Wildman–Crippen MR) is 70.9 cm³/mol. The Morgan fingerprint density at radius 2 is 1.89 bits per heavy atom. The Morgan fingerprint density at radius 3 is 2.63 bits per heavy atom. The van der Waals surface area contributed by atoms with Crippen LogP contribution >= 0.6 is 0 Å². The topological polar surface area (TPSA) is 36.9 Å². The van der Waals surface area contributed by atoms with Gasteiger partial charge in [0, 0.05) is 20.1 Å². The highest BCUT2D eigenvalue weighted by molar-refractivity contribution is 4.87. The molecule has 110 valence electrons. The van der Waals surface area contributed by atoms with Crippen molar-refractivity contribution in [1.82, 2.24) is 0 Å². The first-order valence-electron chi connectivity index (χ1n) is 7.67. The van der Waals surface area contributed by atoms with Crippen molar-refractivity contribution in [2.45, 2.75) is 63.6 Å². The summed E-state index contributed by atoms with van der Waals surface area (Å²) >= 11 is 0. The normalized spacial score (nSPS) is 46.4. The average molecular weight is 270 g/mol. The van der Waals surface area contributed by atoms with Crippen LogP contribution < -0.4 is 0 Å². The van der Waals surface area contributed by atoms with Gasteiger partial charge < -0.3 is 18.9 Å². The predicted octanol–water partition coefficient (Wildman–Crippen LogP) is 2.36. The van der Waals surface area contributed by atoms with Gasteiger partial charge in [-0.3, -0.25) is 0 Å². The molecule has 2 bridgehead atoms. The molecular formula is C15H26O4.